The lowest BCUT2D eigenvalue weighted by Gasteiger charge is -2.36. The molecule has 1 saturated heterocycles. The van der Waals surface area contributed by atoms with Crippen LogP contribution in [0.1, 0.15) is 6.42 Å². The first kappa shape index (κ1) is 17.8. The van der Waals surface area contributed by atoms with Crippen LogP contribution in [0.5, 0.6) is 0 Å². The van der Waals surface area contributed by atoms with E-state index in [0.29, 0.717) is 31.9 Å². The summed E-state index contributed by atoms with van der Waals surface area (Å²) in [6.45, 7) is 2.31. The van der Waals surface area contributed by atoms with Gasteiger partial charge < -0.3 is 10.2 Å². The van der Waals surface area contributed by atoms with E-state index in [2.05, 4.69) is 15.2 Å². The van der Waals surface area contributed by atoms with Gasteiger partial charge in [-0.1, -0.05) is 24.3 Å². The molecule has 1 aromatic heterocycles. The monoisotopic (exact) mass is 355 g/mol. The van der Waals surface area contributed by atoms with E-state index in [0.717, 1.165) is 5.82 Å². The molecule has 0 spiro atoms. The second kappa shape index (κ2) is 8.39. The molecule has 1 aromatic carbocycles. The Morgan fingerprint density at radius 1 is 1.12 bits per heavy atom. The Kier molecular flexibility index (Phi) is 5.75. The van der Waals surface area contributed by atoms with Crippen molar-refractivity contribution in [2.24, 2.45) is 0 Å². The Morgan fingerprint density at radius 2 is 1.81 bits per heavy atom. The standard InChI is InChI=1S/C18H21N5O3/c24-17(20-15-6-2-1-3-7-15)14-18(23(25)26)22-12-10-21(11-13-22)16-8-4-5-9-19-16/h1-9,18H,10-14H2,(H,20,24). The number of hydrogen-bond donors (Lipinski definition) is 1. The average molecular weight is 355 g/mol. The molecule has 136 valence electrons. The highest BCUT2D eigenvalue weighted by Crippen LogP contribution is 2.16. The van der Waals surface area contributed by atoms with Crippen LogP contribution in [-0.4, -0.2) is 53.1 Å². The van der Waals surface area contributed by atoms with Crippen molar-refractivity contribution in [3.63, 3.8) is 0 Å². The van der Waals surface area contributed by atoms with Crippen molar-refractivity contribution in [1.29, 1.82) is 0 Å². The molecule has 2 aromatic rings. The predicted molar refractivity (Wildman–Crippen MR) is 98.5 cm³/mol. The molecule has 1 amide bonds. The highest BCUT2D eigenvalue weighted by atomic mass is 16.6. The van der Waals surface area contributed by atoms with Crippen LogP contribution in [0.25, 0.3) is 0 Å². The highest BCUT2D eigenvalue weighted by molar-refractivity contribution is 5.90. The maximum atomic E-state index is 12.2. The summed E-state index contributed by atoms with van der Waals surface area (Å²) < 4.78 is 0. The molecule has 3 rings (SSSR count). The molecule has 0 aliphatic carbocycles. The summed E-state index contributed by atoms with van der Waals surface area (Å²) in [5.41, 5.74) is 0.638. The lowest BCUT2D eigenvalue weighted by Crippen LogP contribution is -2.53. The minimum atomic E-state index is -1.02. The molecule has 1 fully saturated rings. The van der Waals surface area contributed by atoms with Crippen molar-refractivity contribution in [2.75, 3.05) is 36.4 Å². The summed E-state index contributed by atoms with van der Waals surface area (Å²) in [5.74, 6) is 0.511. The summed E-state index contributed by atoms with van der Waals surface area (Å²) in [6.07, 6.45) is 0.533. The molecule has 0 bridgehead atoms. The number of amides is 1. The summed E-state index contributed by atoms with van der Waals surface area (Å²) >= 11 is 0. The van der Waals surface area contributed by atoms with Crippen molar-refractivity contribution in [2.45, 2.75) is 12.6 Å². The van der Waals surface area contributed by atoms with E-state index in [4.69, 9.17) is 0 Å². The second-order valence-corrected chi connectivity index (χ2v) is 6.10. The molecule has 1 unspecified atom stereocenters. The van der Waals surface area contributed by atoms with Crippen molar-refractivity contribution in [1.82, 2.24) is 9.88 Å². The summed E-state index contributed by atoms with van der Waals surface area (Å²) in [7, 11) is 0. The minimum Gasteiger partial charge on any atom is -0.354 e. The number of carbonyl (C=O) groups is 1. The van der Waals surface area contributed by atoms with Gasteiger partial charge in [-0.15, -0.1) is 0 Å². The normalized spacial score (nSPS) is 16.1. The number of nitrogens with one attached hydrogen (secondary N) is 1. The number of rotatable bonds is 6. The Bertz CT molecular complexity index is 733. The van der Waals surface area contributed by atoms with Gasteiger partial charge in [0.1, 0.15) is 12.2 Å². The molecule has 26 heavy (non-hydrogen) atoms. The van der Waals surface area contributed by atoms with Crippen LogP contribution in [0.15, 0.2) is 54.7 Å². The third-order valence-corrected chi connectivity index (χ3v) is 4.38. The van der Waals surface area contributed by atoms with Gasteiger partial charge in [-0.2, -0.15) is 0 Å². The van der Waals surface area contributed by atoms with Gasteiger partial charge in [-0.05, 0) is 24.3 Å². The molecule has 1 atom stereocenters. The van der Waals surface area contributed by atoms with Crippen LogP contribution in [0.2, 0.25) is 0 Å². The molecular formula is C18H21N5O3. The van der Waals surface area contributed by atoms with E-state index in [1.807, 2.05) is 24.3 Å². The van der Waals surface area contributed by atoms with Crippen LogP contribution >= 0.6 is 0 Å². The van der Waals surface area contributed by atoms with Gasteiger partial charge in [-0.3, -0.25) is 14.9 Å². The maximum Gasteiger partial charge on any atom is 0.277 e. The molecule has 2 heterocycles. The third-order valence-electron chi connectivity index (χ3n) is 4.38. The number of nitro groups is 1. The smallest absolute Gasteiger partial charge is 0.277 e. The lowest BCUT2D eigenvalue weighted by molar-refractivity contribution is -0.549. The zero-order valence-electron chi connectivity index (χ0n) is 14.3. The van der Waals surface area contributed by atoms with Crippen molar-refractivity contribution >= 4 is 17.4 Å². The first-order valence-corrected chi connectivity index (χ1v) is 8.52. The van der Waals surface area contributed by atoms with Gasteiger partial charge in [-0.25, -0.2) is 9.88 Å². The zero-order valence-corrected chi connectivity index (χ0v) is 14.3. The van der Waals surface area contributed by atoms with E-state index in [1.54, 1.807) is 35.4 Å². The van der Waals surface area contributed by atoms with E-state index in [-0.39, 0.29) is 17.3 Å². The van der Waals surface area contributed by atoms with Crippen molar-refractivity contribution in [3.05, 3.63) is 64.8 Å². The quantitative estimate of drug-likeness (QED) is 0.628. The molecule has 0 saturated carbocycles. The van der Waals surface area contributed by atoms with Gasteiger partial charge in [0, 0.05) is 43.0 Å². The largest absolute Gasteiger partial charge is 0.354 e. The van der Waals surface area contributed by atoms with Gasteiger partial charge >= 0.3 is 0 Å². The van der Waals surface area contributed by atoms with Crippen molar-refractivity contribution in [3.8, 4) is 0 Å². The number of piperazine rings is 1. The summed E-state index contributed by atoms with van der Waals surface area (Å²) in [5, 5.41) is 14.2. The predicted octanol–water partition coefficient (Wildman–Crippen LogP) is 1.84. The van der Waals surface area contributed by atoms with Crippen LogP contribution in [-0.2, 0) is 4.79 Å². The minimum absolute atomic E-state index is 0.175. The molecule has 1 aliphatic rings. The number of benzene rings is 1. The lowest BCUT2D eigenvalue weighted by atomic mass is 10.2. The Balaban J connectivity index is 1.57. The van der Waals surface area contributed by atoms with Crippen LogP contribution in [0.3, 0.4) is 0 Å². The number of pyridine rings is 1. The second-order valence-electron chi connectivity index (χ2n) is 6.10. The number of nitrogens with zero attached hydrogens (tertiary/aromatic N) is 4. The first-order chi connectivity index (χ1) is 12.6. The number of para-hydroxylation sites is 1. The summed E-state index contributed by atoms with van der Waals surface area (Å²) in [6, 6.07) is 14.7. The molecule has 8 heteroatoms. The average Bonchev–Trinajstić information content (AvgIpc) is 2.67. The topological polar surface area (TPSA) is 91.6 Å². The van der Waals surface area contributed by atoms with Gasteiger partial charge in [0.25, 0.3) is 6.17 Å². The molecular weight excluding hydrogens is 334 g/mol. The first-order valence-electron chi connectivity index (χ1n) is 8.52. The molecule has 1 aliphatic heterocycles. The van der Waals surface area contributed by atoms with Gasteiger partial charge in [0.2, 0.25) is 5.91 Å². The van der Waals surface area contributed by atoms with Gasteiger partial charge in [0.15, 0.2) is 0 Å². The molecule has 0 radical (unpaired) electrons. The Labute approximate surface area is 151 Å². The third kappa shape index (κ3) is 4.54. The number of hydrogen-bond acceptors (Lipinski definition) is 6. The van der Waals surface area contributed by atoms with E-state index < -0.39 is 6.17 Å². The molecule has 8 nitrogen and oxygen atoms in total. The highest BCUT2D eigenvalue weighted by Gasteiger charge is 2.33. The Morgan fingerprint density at radius 3 is 2.42 bits per heavy atom. The maximum absolute atomic E-state index is 12.2. The number of anilines is 2. The van der Waals surface area contributed by atoms with Crippen LogP contribution in [0, 0.1) is 10.1 Å². The number of carbonyl (C=O) groups excluding carboxylic acids is 1. The fourth-order valence-electron chi connectivity index (χ4n) is 3.03. The SMILES string of the molecule is O=C(CC(N1CCN(c2ccccn2)CC1)[N+](=O)[O-])Nc1ccccc1. The van der Waals surface area contributed by atoms with Gasteiger partial charge in [0.05, 0.1) is 0 Å². The molecule has 1 N–H and O–H groups in total. The van der Waals surface area contributed by atoms with Crippen molar-refractivity contribution < 1.29 is 9.72 Å². The Hall–Kier alpha value is -3.00. The van der Waals surface area contributed by atoms with Crippen LogP contribution in [0.4, 0.5) is 11.5 Å². The number of aromatic nitrogens is 1. The van der Waals surface area contributed by atoms with E-state index in [1.165, 1.54) is 0 Å². The fourth-order valence-corrected chi connectivity index (χ4v) is 3.03. The van der Waals surface area contributed by atoms with E-state index >= 15 is 0 Å². The van der Waals surface area contributed by atoms with Crippen LogP contribution < -0.4 is 10.2 Å². The summed E-state index contributed by atoms with van der Waals surface area (Å²) in [4.78, 5) is 31.5. The zero-order chi connectivity index (χ0) is 18.4. The van der Waals surface area contributed by atoms with E-state index in [9.17, 15) is 14.9 Å². The fraction of sp³-hybridized carbons (Fsp3) is 0.333.